The molecule has 8 nitrogen and oxygen atoms in total. The predicted molar refractivity (Wildman–Crippen MR) is 95.6 cm³/mol. The number of rotatable bonds is 3. The van der Waals surface area contributed by atoms with Crippen LogP contribution in [0.25, 0.3) is 16.0 Å². The van der Waals surface area contributed by atoms with Crippen LogP contribution in [0.5, 0.6) is 0 Å². The third kappa shape index (κ3) is 2.43. The Kier molecular flexibility index (Phi) is 3.35. The monoisotopic (exact) mass is 352 g/mol. The van der Waals surface area contributed by atoms with Gasteiger partial charge in [-0.1, -0.05) is 11.2 Å². The smallest absolute Gasteiger partial charge is 0.276 e. The van der Waals surface area contributed by atoms with E-state index in [1.165, 1.54) is 10.4 Å². The first-order valence-electron chi connectivity index (χ1n) is 8.13. The number of fused-ring (bicyclic) bond motifs is 5. The van der Waals surface area contributed by atoms with E-state index >= 15 is 0 Å². The summed E-state index contributed by atoms with van der Waals surface area (Å²) in [7, 11) is 2.15. The SMILES string of the molecule is CN1CCc2c(sc3c2c(NCc2cccnc2)nc2nnnn23)C1. The molecular formula is C16H16N8S. The molecule has 5 rings (SSSR count). The second kappa shape index (κ2) is 5.71. The standard InChI is InChI=1S/C16H16N8S/c1-23-6-4-11-12(9-23)25-15-13(11)14(19-16-20-21-22-24(15)16)18-8-10-3-2-5-17-7-10/h2-3,5,7H,4,6,8-9H2,1H3,(H,18,19,20,22). The summed E-state index contributed by atoms with van der Waals surface area (Å²) >= 11 is 1.76. The van der Waals surface area contributed by atoms with E-state index < -0.39 is 0 Å². The van der Waals surface area contributed by atoms with E-state index in [1.54, 1.807) is 22.0 Å². The molecule has 0 spiro atoms. The lowest BCUT2D eigenvalue weighted by Crippen LogP contribution is -2.25. The average molecular weight is 352 g/mol. The summed E-state index contributed by atoms with van der Waals surface area (Å²) in [4.78, 5) is 13.6. The number of nitrogens with zero attached hydrogens (tertiary/aromatic N) is 7. The Morgan fingerprint density at radius 2 is 2.32 bits per heavy atom. The molecular weight excluding hydrogens is 336 g/mol. The number of likely N-dealkylation sites (N-methyl/N-ethyl adjacent to an activating group) is 1. The maximum Gasteiger partial charge on any atom is 0.276 e. The Bertz CT molecular complexity index is 1050. The van der Waals surface area contributed by atoms with Gasteiger partial charge in [-0.05, 0) is 41.1 Å². The molecule has 4 aromatic heterocycles. The summed E-state index contributed by atoms with van der Waals surface area (Å²) in [6, 6.07) is 3.99. The summed E-state index contributed by atoms with van der Waals surface area (Å²) in [5, 5.41) is 16.6. The second-order valence-electron chi connectivity index (χ2n) is 6.24. The van der Waals surface area contributed by atoms with Crippen LogP contribution in [0.2, 0.25) is 0 Å². The molecule has 126 valence electrons. The van der Waals surface area contributed by atoms with Crippen molar-refractivity contribution in [1.29, 1.82) is 0 Å². The van der Waals surface area contributed by atoms with Gasteiger partial charge in [0.25, 0.3) is 5.78 Å². The molecule has 0 saturated carbocycles. The lowest BCUT2D eigenvalue weighted by molar-refractivity contribution is 0.318. The van der Waals surface area contributed by atoms with Crippen molar-refractivity contribution in [3.63, 3.8) is 0 Å². The Hall–Kier alpha value is -2.65. The summed E-state index contributed by atoms with van der Waals surface area (Å²) in [6.07, 6.45) is 4.65. The number of hydrogen-bond donors (Lipinski definition) is 1. The van der Waals surface area contributed by atoms with E-state index in [0.717, 1.165) is 41.1 Å². The minimum Gasteiger partial charge on any atom is -0.365 e. The Morgan fingerprint density at radius 1 is 1.36 bits per heavy atom. The first-order chi connectivity index (χ1) is 12.3. The molecule has 0 aliphatic carbocycles. The molecule has 4 aromatic rings. The maximum absolute atomic E-state index is 4.67. The van der Waals surface area contributed by atoms with Crippen LogP contribution in [-0.2, 0) is 19.5 Å². The van der Waals surface area contributed by atoms with Crippen molar-refractivity contribution >= 4 is 33.1 Å². The molecule has 0 unspecified atom stereocenters. The Labute approximate surface area is 147 Å². The first-order valence-corrected chi connectivity index (χ1v) is 8.95. The van der Waals surface area contributed by atoms with Crippen LogP contribution < -0.4 is 5.32 Å². The van der Waals surface area contributed by atoms with Gasteiger partial charge in [-0.3, -0.25) is 4.98 Å². The van der Waals surface area contributed by atoms with E-state index in [9.17, 15) is 0 Å². The average Bonchev–Trinajstić information content (AvgIpc) is 3.24. The maximum atomic E-state index is 4.67. The van der Waals surface area contributed by atoms with Gasteiger partial charge in [-0.2, -0.15) is 9.50 Å². The van der Waals surface area contributed by atoms with Gasteiger partial charge in [0.1, 0.15) is 10.6 Å². The van der Waals surface area contributed by atoms with Crippen LogP contribution in [0, 0.1) is 0 Å². The summed E-state index contributed by atoms with van der Waals surface area (Å²) < 4.78 is 1.74. The van der Waals surface area contributed by atoms with Gasteiger partial charge >= 0.3 is 0 Å². The largest absolute Gasteiger partial charge is 0.365 e. The highest BCUT2D eigenvalue weighted by Crippen LogP contribution is 2.38. The van der Waals surface area contributed by atoms with Crippen LogP contribution in [0.3, 0.4) is 0 Å². The third-order valence-electron chi connectivity index (χ3n) is 4.51. The van der Waals surface area contributed by atoms with Crippen molar-refractivity contribution in [2.75, 3.05) is 18.9 Å². The van der Waals surface area contributed by atoms with Crippen LogP contribution >= 0.6 is 11.3 Å². The van der Waals surface area contributed by atoms with Gasteiger partial charge in [0.05, 0.1) is 5.39 Å². The molecule has 0 fully saturated rings. The van der Waals surface area contributed by atoms with Crippen molar-refractivity contribution in [1.82, 2.24) is 34.9 Å². The molecule has 0 atom stereocenters. The lowest BCUT2D eigenvalue weighted by atomic mass is 10.1. The lowest BCUT2D eigenvalue weighted by Gasteiger charge is -2.22. The predicted octanol–water partition coefficient (Wildman–Crippen LogP) is 1.73. The van der Waals surface area contributed by atoms with Crippen molar-refractivity contribution in [3.8, 4) is 0 Å². The number of tetrazole rings is 1. The van der Waals surface area contributed by atoms with E-state index in [2.05, 4.69) is 42.8 Å². The topological polar surface area (TPSA) is 84.1 Å². The van der Waals surface area contributed by atoms with Crippen LogP contribution in [-0.4, -0.2) is 48.5 Å². The summed E-state index contributed by atoms with van der Waals surface area (Å²) in [6.45, 7) is 2.67. The van der Waals surface area contributed by atoms with Crippen molar-refractivity contribution < 1.29 is 0 Å². The molecule has 25 heavy (non-hydrogen) atoms. The number of thiophene rings is 1. The fraction of sp³-hybridized carbons (Fsp3) is 0.312. The van der Waals surface area contributed by atoms with Crippen molar-refractivity contribution in [2.24, 2.45) is 0 Å². The number of anilines is 1. The zero-order chi connectivity index (χ0) is 16.8. The van der Waals surface area contributed by atoms with E-state index in [4.69, 9.17) is 0 Å². The molecule has 0 bridgehead atoms. The van der Waals surface area contributed by atoms with Gasteiger partial charge in [-0.25, -0.2) is 0 Å². The highest BCUT2D eigenvalue weighted by molar-refractivity contribution is 7.19. The quantitative estimate of drug-likeness (QED) is 0.601. The van der Waals surface area contributed by atoms with Crippen LogP contribution in [0.15, 0.2) is 24.5 Å². The Morgan fingerprint density at radius 3 is 3.20 bits per heavy atom. The highest BCUT2D eigenvalue weighted by Gasteiger charge is 2.24. The van der Waals surface area contributed by atoms with Gasteiger partial charge in [-0.15, -0.1) is 11.3 Å². The van der Waals surface area contributed by atoms with Crippen LogP contribution in [0.1, 0.15) is 16.0 Å². The molecule has 0 amide bonds. The van der Waals surface area contributed by atoms with E-state index in [-0.39, 0.29) is 0 Å². The number of hydrogen-bond acceptors (Lipinski definition) is 8. The molecule has 0 radical (unpaired) electrons. The molecule has 0 saturated heterocycles. The Balaban J connectivity index is 1.65. The fourth-order valence-electron chi connectivity index (χ4n) is 3.27. The van der Waals surface area contributed by atoms with Gasteiger partial charge in [0, 0.05) is 36.9 Å². The van der Waals surface area contributed by atoms with Gasteiger partial charge < -0.3 is 10.2 Å². The molecule has 1 aliphatic rings. The van der Waals surface area contributed by atoms with E-state index in [0.29, 0.717) is 12.3 Å². The van der Waals surface area contributed by atoms with Crippen molar-refractivity contribution in [3.05, 3.63) is 40.5 Å². The minimum atomic E-state index is 0.521. The summed E-state index contributed by atoms with van der Waals surface area (Å²) in [5.74, 6) is 1.37. The van der Waals surface area contributed by atoms with Gasteiger partial charge in [0.15, 0.2) is 0 Å². The normalized spacial score (nSPS) is 14.9. The zero-order valence-electron chi connectivity index (χ0n) is 13.7. The van der Waals surface area contributed by atoms with Gasteiger partial charge in [0.2, 0.25) is 0 Å². The minimum absolute atomic E-state index is 0.521. The fourth-order valence-corrected chi connectivity index (χ4v) is 4.64. The molecule has 5 heterocycles. The number of aromatic nitrogens is 6. The molecule has 1 N–H and O–H groups in total. The van der Waals surface area contributed by atoms with Crippen molar-refractivity contribution in [2.45, 2.75) is 19.5 Å². The number of pyridine rings is 1. The summed E-state index contributed by atoms with van der Waals surface area (Å²) in [5.41, 5.74) is 2.48. The van der Waals surface area contributed by atoms with E-state index in [1.807, 2.05) is 18.3 Å². The molecule has 9 heteroatoms. The molecule has 1 aliphatic heterocycles. The second-order valence-corrected chi connectivity index (χ2v) is 7.32. The molecule has 0 aromatic carbocycles. The first kappa shape index (κ1) is 14.7. The number of nitrogens with one attached hydrogen (secondary N) is 1. The third-order valence-corrected chi connectivity index (χ3v) is 5.70. The highest BCUT2D eigenvalue weighted by atomic mass is 32.1. The van der Waals surface area contributed by atoms with Crippen LogP contribution in [0.4, 0.5) is 5.82 Å². The zero-order valence-corrected chi connectivity index (χ0v) is 14.5.